The zero-order chi connectivity index (χ0) is 20.3. The van der Waals surface area contributed by atoms with E-state index in [0.717, 1.165) is 12.8 Å². The van der Waals surface area contributed by atoms with Crippen molar-refractivity contribution in [2.45, 2.75) is 23.7 Å². The Kier molecular flexibility index (Phi) is 5.54. The lowest BCUT2D eigenvalue weighted by Crippen LogP contribution is -2.44. The number of sulfonamides is 1. The van der Waals surface area contributed by atoms with Gasteiger partial charge in [0.25, 0.3) is 0 Å². The van der Waals surface area contributed by atoms with Crippen molar-refractivity contribution in [3.63, 3.8) is 0 Å². The Hall–Kier alpha value is -2.47. The molecule has 150 valence electrons. The molecule has 0 amide bonds. The molecule has 5 heteroatoms. The summed E-state index contributed by atoms with van der Waals surface area (Å²) in [6.45, 7) is 0.983. The highest BCUT2D eigenvalue weighted by atomic mass is 32.2. The van der Waals surface area contributed by atoms with Gasteiger partial charge in [-0.2, -0.15) is 0 Å². The number of hydrogen-bond donors (Lipinski definition) is 1. The van der Waals surface area contributed by atoms with Crippen LogP contribution in [0.5, 0.6) is 0 Å². The van der Waals surface area contributed by atoms with Crippen molar-refractivity contribution >= 4 is 10.0 Å². The van der Waals surface area contributed by atoms with Gasteiger partial charge in [0, 0.05) is 13.1 Å². The maximum atomic E-state index is 13.9. The van der Waals surface area contributed by atoms with Gasteiger partial charge in [-0.3, -0.25) is 0 Å². The van der Waals surface area contributed by atoms with Gasteiger partial charge < -0.3 is 5.11 Å². The lowest BCUT2D eigenvalue weighted by Gasteiger charge is -2.39. The molecule has 1 saturated heterocycles. The Labute approximate surface area is 172 Å². The van der Waals surface area contributed by atoms with Gasteiger partial charge in [-0.25, -0.2) is 12.7 Å². The molecule has 1 aliphatic heterocycles. The first-order chi connectivity index (χ1) is 14.0. The Bertz CT molecular complexity index is 992. The van der Waals surface area contributed by atoms with Crippen LogP contribution in [0.1, 0.15) is 34.8 Å². The molecular weight excluding hydrogens is 382 g/mol. The van der Waals surface area contributed by atoms with Crippen molar-refractivity contribution in [2.75, 3.05) is 13.1 Å². The fourth-order valence-electron chi connectivity index (χ4n) is 4.20. The minimum Gasteiger partial charge on any atom is -0.379 e. The fourth-order valence-corrected chi connectivity index (χ4v) is 6.47. The highest BCUT2D eigenvalue weighted by Gasteiger charge is 2.50. The van der Waals surface area contributed by atoms with Crippen LogP contribution in [0, 0.1) is 0 Å². The maximum Gasteiger partial charge on any atom is 0.224 e. The van der Waals surface area contributed by atoms with Gasteiger partial charge in [-0.1, -0.05) is 91.0 Å². The fraction of sp³-hybridized carbons (Fsp3) is 0.250. The molecule has 0 aliphatic carbocycles. The van der Waals surface area contributed by atoms with Crippen molar-refractivity contribution < 1.29 is 13.5 Å². The van der Waals surface area contributed by atoms with Crippen LogP contribution in [0.4, 0.5) is 0 Å². The molecule has 0 bridgehead atoms. The highest BCUT2D eigenvalue weighted by molar-refractivity contribution is 7.89. The van der Waals surface area contributed by atoms with Crippen LogP contribution in [0.25, 0.3) is 0 Å². The van der Waals surface area contributed by atoms with Gasteiger partial charge in [-0.05, 0) is 29.5 Å². The van der Waals surface area contributed by atoms with Crippen molar-refractivity contribution in [3.8, 4) is 0 Å². The molecule has 1 heterocycles. The summed E-state index contributed by atoms with van der Waals surface area (Å²) in [7, 11) is -3.82. The average Bonchev–Trinajstić information content (AvgIpc) is 3.32. The van der Waals surface area contributed by atoms with E-state index < -0.39 is 20.9 Å². The first-order valence-corrected chi connectivity index (χ1v) is 11.4. The predicted molar refractivity (Wildman–Crippen MR) is 115 cm³/mol. The minimum absolute atomic E-state index is 0.491. The Balaban J connectivity index is 1.99. The van der Waals surface area contributed by atoms with Crippen LogP contribution >= 0.6 is 0 Å². The van der Waals surface area contributed by atoms with Gasteiger partial charge in [0.05, 0.1) is 0 Å². The number of aliphatic hydroxyl groups is 1. The van der Waals surface area contributed by atoms with E-state index in [1.54, 1.807) is 36.4 Å². The van der Waals surface area contributed by atoms with Crippen LogP contribution in [-0.4, -0.2) is 30.9 Å². The van der Waals surface area contributed by atoms with E-state index in [2.05, 4.69) is 0 Å². The van der Waals surface area contributed by atoms with E-state index in [1.807, 2.05) is 54.6 Å². The topological polar surface area (TPSA) is 57.6 Å². The average molecular weight is 408 g/mol. The normalized spacial score (nSPS) is 16.6. The molecule has 3 aromatic carbocycles. The van der Waals surface area contributed by atoms with Crippen molar-refractivity contribution in [2.24, 2.45) is 0 Å². The zero-order valence-corrected chi connectivity index (χ0v) is 17.0. The molecule has 1 N–H and O–H groups in total. The van der Waals surface area contributed by atoms with Crippen molar-refractivity contribution in [3.05, 3.63) is 108 Å². The molecule has 4 rings (SSSR count). The first-order valence-electron chi connectivity index (χ1n) is 9.92. The Morgan fingerprint density at radius 2 is 1.14 bits per heavy atom. The molecule has 4 nitrogen and oxygen atoms in total. The monoisotopic (exact) mass is 407 g/mol. The lowest BCUT2D eigenvalue weighted by atomic mass is 9.81. The number of nitrogens with zero attached hydrogens (tertiary/aromatic N) is 1. The second-order valence-electron chi connectivity index (χ2n) is 7.44. The summed E-state index contributed by atoms with van der Waals surface area (Å²) in [6, 6.07) is 27.3. The molecule has 0 unspecified atom stereocenters. The standard InChI is InChI=1S/C24H25NO3S/c26-24(21-14-6-2-7-15-21,22-16-8-3-9-17-22)23(20-12-4-1-5-13-20)29(27,28)25-18-10-11-19-25/h1-9,12-17,23,26H,10-11,18-19H2/t23-/m1/s1. The molecule has 29 heavy (non-hydrogen) atoms. The van der Waals surface area contributed by atoms with Gasteiger partial charge in [0.15, 0.2) is 0 Å². The second-order valence-corrected chi connectivity index (χ2v) is 9.46. The van der Waals surface area contributed by atoms with E-state index in [9.17, 15) is 13.5 Å². The number of hydrogen-bond acceptors (Lipinski definition) is 3. The molecule has 0 aromatic heterocycles. The van der Waals surface area contributed by atoms with Crippen molar-refractivity contribution in [1.82, 2.24) is 4.31 Å². The van der Waals surface area contributed by atoms with E-state index >= 15 is 0 Å². The molecule has 1 aliphatic rings. The second kappa shape index (κ2) is 8.11. The van der Waals surface area contributed by atoms with Gasteiger partial charge in [-0.15, -0.1) is 0 Å². The van der Waals surface area contributed by atoms with E-state index in [4.69, 9.17) is 0 Å². The Morgan fingerprint density at radius 1 is 0.724 bits per heavy atom. The minimum atomic E-state index is -3.82. The van der Waals surface area contributed by atoms with Crippen LogP contribution in [-0.2, 0) is 15.6 Å². The molecule has 1 fully saturated rings. The highest BCUT2D eigenvalue weighted by Crippen LogP contribution is 2.47. The van der Waals surface area contributed by atoms with Crippen LogP contribution in [0.15, 0.2) is 91.0 Å². The largest absolute Gasteiger partial charge is 0.379 e. The van der Waals surface area contributed by atoms with E-state index in [0.29, 0.717) is 29.8 Å². The summed E-state index contributed by atoms with van der Waals surface area (Å²) in [5, 5.41) is 11.1. The molecule has 0 saturated carbocycles. The zero-order valence-electron chi connectivity index (χ0n) is 16.2. The van der Waals surface area contributed by atoms with Crippen LogP contribution in [0.3, 0.4) is 0 Å². The van der Waals surface area contributed by atoms with Gasteiger partial charge >= 0.3 is 0 Å². The lowest BCUT2D eigenvalue weighted by molar-refractivity contribution is 0.0729. The molecule has 0 radical (unpaired) electrons. The predicted octanol–water partition coefficient (Wildman–Crippen LogP) is 4.09. The molecule has 0 spiro atoms. The summed E-state index contributed by atoms with van der Waals surface area (Å²) in [5.41, 5.74) is -0.0362. The van der Waals surface area contributed by atoms with Gasteiger partial charge in [0.1, 0.15) is 10.9 Å². The quantitative estimate of drug-likeness (QED) is 0.670. The van der Waals surface area contributed by atoms with Crippen LogP contribution < -0.4 is 0 Å². The molecular formula is C24H25NO3S. The SMILES string of the molecule is O=S(=O)([C@H](c1ccccc1)C(O)(c1ccccc1)c1ccccc1)N1CCCC1. The van der Waals surface area contributed by atoms with Gasteiger partial charge in [0.2, 0.25) is 10.0 Å². The summed E-state index contributed by atoms with van der Waals surface area (Å²) in [6.07, 6.45) is 1.69. The number of benzene rings is 3. The summed E-state index contributed by atoms with van der Waals surface area (Å²) in [4.78, 5) is 0. The van der Waals surface area contributed by atoms with Crippen LogP contribution in [0.2, 0.25) is 0 Å². The smallest absolute Gasteiger partial charge is 0.224 e. The molecule has 1 atom stereocenters. The summed E-state index contributed by atoms with van der Waals surface area (Å²) < 4.78 is 29.3. The maximum absolute atomic E-state index is 13.9. The third-order valence-electron chi connectivity index (χ3n) is 5.63. The van der Waals surface area contributed by atoms with Crippen molar-refractivity contribution in [1.29, 1.82) is 0 Å². The third-order valence-corrected chi connectivity index (χ3v) is 7.93. The summed E-state index contributed by atoms with van der Waals surface area (Å²) >= 11 is 0. The third kappa shape index (κ3) is 3.62. The summed E-state index contributed by atoms with van der Waals surface area (Å²) in [5.74, 6) is 0. The number of rotatable bonds is 6. The Morgan fingerprint density at radius 3 is 1.59 bits per heavy atom. The molecule has 3 aromatic rings. The first kappa shape index (κ1) is 19.8. The van der Waals surface area contributed by atoms with E-state index in [1.165, 1.54) is 4.31 Å². The van der Waals surface area contributed by atoms with E-state index in [-0.39, 0.29) is 0 Å².